The largest absolute Gasteiger partial charge is 0.544 e. The van der Waals surface area contributed by atoms with E-state index in [1.165, 1.54) is 0 Å². The van der Waals surface area contributed by atoms with Gasteiger partial charge in [0.2, 0.25) is 0 Å². The predicted molar refractivity (Wildman–Crippen MR) is 212 cm³/mol. The van der Waals surface area contributed by atoms with Gasteiger partial charge in [-0.2, -0.15) is 0 Å². The van der Waals surface area contributed by atoms with Gasteiger partial charge in [0, 0.05) is 19.3 Å². The molecule has 0 aromatic heterocycles. The second-order valence-electron chi connectivity index (χ2n) is 13.4. The van der Waals surface area contributed by atoms with Gasteiger partial charge in [-0.05, 0) is 77.0 Å². The summed E-state index contributed by atoms with van der Waals surface area (Å²) in [5.74, 6) is -1.91. The summed E-state index contributed by atoms with van der Waals surface area (Å²) < 4.78 is 16.9. The fourth-order valence-electron chi connectivity index (χ4n) is 4.78. The van der Waals surface area contributed by atoms with Gasteiger partial charge in [0.25, 0.3) is 0 Å². The highest BCUT2D eigenvalue weighted by Crippen LogP contribution is 2.10. The Labute approximate surface area is 316 Å². The molecule has 52 heavy (non-hydrogen) atoms. The molecule has 0 bridgehead atoms. The van der Waals surface area contributed by atoms with Crippen molar-refractivity contribution in [3.63, 3.8) is 0 Å². The average molecular weight is 724 g/mol. The van der Waals surface area contributed by atoms with Crippen LogP contribution in [0.3, 0.4) is 0 Å². The Kier molecular flexibility index (Phi) is 31.9. The molecular weight excluding hydrogens is 654 g/mol. The Bertz CT molecular complexity index is 1170. The number of unbranched alkanes of at least 4 members (excludes halogenated alkanes) is 2. The van der Waals surface area contributed by atoms with Crippen molar-refractivity contribution in [2.24, 2.45) is 0 Å². The first kappa shape index (κ1) is 48.2. The summed E-state index contributed by atoms with van der Waals surface area (Å²) in [6.07, 6.45) is 44.8. The molecule has 0 radical (unpaired) electrons. The Morgan fingerprint density at radius 3 is 1.50 bits per heavy atom. The van der Waals surface area contributed by atoms with Gasteiger partial charge in [0.15, 0.2) is 6.10 Å². The van der Waals surface area contributed by atoms with Crippen molar-refractivity contribution >= 4 is 17.9 Å². The quantitative estimate of drug-likeness (QED) is 0.0297. The van der Waals surface area contributed by atoms with Gasteiger partial charge in [-0.3, -0.25) is 9.59 Å². The second kappa shape index (κ2) is 34.3. The zero-order valence-corrected chi connectivity index (χ0v) is 32.9. The molecule has 0 heterocycles. The molecule has 0 amide bonds. The lowest BCUT2D eigenvalue weighted by Crippen LogP contribution is -2.55. The molecule has 0 aliphatic carbocycles. The normalized spacial score (nSPS) is 14.1. The van der Waals surface area contributed by atoms with Crippen LogP contribution in [0.4, 0.5) is 0 Å². The highest BCUT2D eigenvalue weighted by molar-refractivity contribution is 5.70. The fraction of sp³-hybridized carbons (Fsp3) is 0.568. The van der Waals surface area contributed by atoms with Gasteiger partial charge >= 0.3 is 11.9 Å². The summed E-state index contributed by atoms with van der Waals surface area (Å²) in [7, 11) is 5.34. The molecule has 0 saturated carbocycles. The van der Waals surface area contributed by atoms with Gasteiger partial charge < -0.3 is 28.6 Å². The number of rotatable bonds is 32. The van der Waals surface area contributed by atoms with Crippen molar-refractivity contribution in [2.75, 3.05) is 41.0 Å². The topological polar surface area (TPSA) is 102 Å². The van der Waals surface area contributed by atoms with Gasteiger partial charge in [-0.25, -0.2) is 0 Å². The lowest BCUT2D eigenvalue weighted by atomic mass is 10.1. The van der Waals surface area contributed by atoms with Crippen LogP contribution in [0.5, 0.6) is 0 Å². The first-order valence-electron chi connectivity index (χ1n) is 19.3. The van der Waals surface area contributed by atoms with E-state index in [-0.39, 0.29) is 55.5 Å². The van der Waals surface area contributed by atoms with Gasteiger partial charge in [0.05, 0.1) is 40.3 Å². The summed E-state index contributed by atoms with van der Waals surface area (Å²) in [5, 5.41) is 11.6. The molecule has 2 atom stereocenters. The molecule has 0 aromatic carbocycles. The van der Waals surface area contributed by atoms with E-state index in [4.69, 9.17) is 14.2 Å². The maximum atomic E-state index is 12.6. The molecular formula is C44H69NO7. The number of allylic oxidation sites excluding steroid dienone is 16. The lowest BCUT2D eigenvalue weighted by Gasteiger charge is -2.34. The maximum Gasteiger partial charge on any atom is 0.306 e. The molecule has 0 aliphatic heterocycles. The van der Waals surface area contributed by atoms with Gasteiger partial charge in [0.1, 0.15) is 12.6 Å². The van der Waals surface area contributed by atoms with Crippen LogP contribution in [0.1, 0.15) is 110 Å². The molecule has 8 heteroatoms. The van der Waals surface area contributed by atoms with Crippen LogP contribution in [-0.4, -0.2) is 75.5 Å². The van der Waals surface area contributed by atoms with Crippen molar-refractivity contribution in [3.05, 3.63) is 97.2 Å². The summed E-state index contributed by atoms with van der Waals surface area (Å²) in [4.78, 5) is 36.5. The Balaban J connectivity index is 4.47. The third kappa shape index (κ3) is 32.2. The maximum absolute atomic E-state index is 12.6. The molecule has 8 nitrogen and oxygen atoms in total. The number of ether oxygens (including phenoxy) is 3. The molecule has 292 valence electrons. The van der Waals surface area contributed by atoms with Crippen LogP contribution in [0.15, 0.2) is 97.2 Å². The Morgan fingerprint density at radius 2 is 1.04 bits per heavy atom. The molecule has 0 spiro atoms. The Morgan fingerprint density at radius 1 is 0.577 bits per heavy atom. The minimum atomic E-state index is -1.15. The monoisotopic (exact) mass is 724 g/mol. The number of quaternary nitrogens is 1. The van der Waals surface area contributed by atoms with Crippen molar-refractivity contribution < 1.29 is 38.2 Å². The van der Waals surface area contributed by atoms with E-state index >= 15 is 0 Å². The molecule has 2 unspecified atom stereocenters. The third-order valence-corrected chi connectivity index (χ3v) is 7.73. The average Bonchev–Trinajstić information content (AvgIpc) is 3.09. The summed E-state index contributed by atoms with van der Waals surface area (Å²) in [5.41, 5.74) is 0. The van der Waals surface area contributed by atoms with E-state index in [9.17, 15) is 19.5 Å². The smallest absolute Gasteiger partial charge is 0.306 e. The number of carboxylic acids is 1. The molecule has 0 aliphatic rings. The van der Waals surface area contributed by atoms with E-state index in [1.54, 1.807) is 21.1 Å². The summed E-state index contributed by atoms with van der Waals surface area (Å²) in [6, 6.07) is -0.745. The van der Waals surface area contributed by atoms with Gasteiger partial charge in [-0.1, -0.05) is 111 Å². The first-order chi connectivity index (χ1) is 25.1. The van der Waals surface area contributed by atoms with Crippen molar-refractivity contribution in [3.8, 4) is 0 Å². The highest BCUT2D eigenvalue weighted by atomic mass is 16.6. The van der Waals surface area contributed by atoms with E-state index in [2.05, 4.69) is 98.9 Å². The van der Waals surface area contributed by atoms with Crippen molar-refractivity contribution in [2.45, 2.75) is 122 Å². The van der Waals surface area contributed by atoms with E-state index in [0.29, 0.717) is 12.8 Å². The zero-order valence-electron chi connectivity index (χ0n) is 32.9. The lowest BCUT2D eigenvalue weighted by molar-refractivity contribution is -0.889. The minimum absolute atomic E-state index is 0.00185. The number of hydrogen-bond donors (Lipinski definition) is 0. The third-order valence-electron chi connectivity index (χ3n) is 7.73. The van der Waals surface area contributed by atoms with E-state index in [1.807, 2.05) is 12.2 Å². The van der Waals surface area contributed by atoms with Crippen LogP contribution in [0, 0.1) is 0 Å². The number of likely N-dealkylation sites (N-methyl/N-ethyl adjacent to an activating group) is 1. The van der Waals surface area contributed by atoms with Crippen LogP contribution >= 0.6 is 0 Å². The molecule has 0 N–H and O–H groups in total. The molecule has 0 saturated heterocycles. The number of carboxylic acid groups (broad SMARTS) is 1. The first-order valence-corrected chi connectivity index (χ1v) is 19.3. The number of carbonyl (C=O) groups excluding carboxylic acids is 3. The van der Waals surface area contributed by atoms with Crippen molar-refractivity contribution in [1.82, 2.24) is 0 Å². The minimum Gasteiger partial charge on any atom is -0.544 e. The number of aliphatic carboxylic acids is 1. The van der Waals surface area contributed by atoms with E-state index < -0.39 is 18.1 Å². The van der Waals surface area contributed by atoms with Crippen LogP contribution in [-0.2, 0) is 28.6 Å². The molecule has 0 fully saturated rings. The van der Waals surface area contributed by atoms with Crippen LogP contribution in [0.25, 0.3) is 0 Å². The van der Waals surface area contributed by atoms with Crippen LogP contribution < -0.4 is 5.11 Å². The van der Waals surface area contributed by atoms with Crippen LogP contribution in [0.2, 0.25) is 0 Å². The highest BCUT2D eigenvalue weighted by Gasteiger charge is 2.25. The number of nitrogens with zero attached hydrogens (tertiary/aromatic N) is 1. The standard InChI is InChI=1S/C44H69NO7/c1-6-8-10-12-14-15-16-17-18-19-20-21-22-23-24-25-26-27-29-31-33-35-43(47)52-40(38-50-37-36-41(44(48)49)45(3,4)5)39-51-42(46)34-32-30-28-13-11-9-7-2/h8-11,14-15,17-18,20-21,23-24,26-28,30,40-41H,6-7,12-13,16,19,22,25,29,31-39H2,1-5H3/b10-8+,11-9+,15-14+,18-17+,21-20+,24-23+,27-26+,30-28+. The number of hydrogen-bond acceptors (Lipinski definition) is 7. The zero-order chi connectivity index (χ0) is 38.5. The predicted octanol–water partition coefficient (Wildman–Crippen LogP) is 8.62. The number of esters is 2. The van der Waals surface area contributed by atoms with Gasteiger partial charge in [-0.15, -0.1) is 0 Å². The molecule has 0 aromatic rings. The molecule has 0 rings (SSSR count). The van der Waals surface area contributed by atoms with Crippen molar-refractivity contribution in [1.29, 1.82) is 0 Å². The van der Waals surface area contributed by atoms with E-state index in [0.717, 1.165) is 64.2 Å². The number of carbonyl (C=O) groups is 3. The second-order valence-corrected chi connectivity index (χ2v) is 13.4. The Hall–Kier alpha value is -3.75. The summed E-state index contributed by atoms with van der Waals surface area (Å²) >= 11 is 0. The summed E-state index contributed by atoms with van der Waals surface area (Å²) in [6.45, 7) is 4.24. The fourth-order valence-corrected chi connectivity index (χ4v) is 4.78. The SMILES string of the molecule is CC/C=C/C/C=C/C/C=C/C/C=C/C/C=C/C/C=C/CCCCC(=O)OC(COCCC(C(=O)[O-])[N+](C)(C)C)COC(=O)CC/C=C/C/C=C/CC.